The first-order valence-corrected chi connectivity index (χ1v) is 14.5. The number of likely N-dealkylation sites (N-methyl/N-ethyl adjacent to an activating group) is 1. The van der Waals surface area contributed by atoms with Gasteiger partial charge >= 0.3 is 0 Å². The van der Waals surface area contributed by atoms with Crippen molar-refractivity contribution >= 4 is 44.8 Å². The van der Waals surface area contributed by atoms with Gasteiger partial charge in [-0.2, -0.15) is 0 Å². The van der Waals surface area contributed by atoms with Crippen molar-refractivity contribution in [3.05, 3.63) is 72.1 Å². The molecular weight excluding hydrogens is 502 g/mol. The molecule has 0 aliphatic carbocycles. The van der Waals surface area contributed by atoms with E-state index in [4.69, 9.17) is 10.2 Å². The van der Waals surface area contributed by atoms with E-state index in [1.54, 1.807) is 7.05 Å². The van der Waals surface area contributed by atoms with E-state index in [0.29, 0.717) is 11.1 Å². The predicted octanol–water partition coefficient (Wildman–Crippen LogP) is 5.61. The van der Waals surface area contributed by atoms with E-state index in [1.807, 2.05) is 48.8 Å². The Balaban J connectivity index is 1.59. The molecule has 0 unspecified atom stereocenters. The molecule has 2 amide bonds. The van der Waals surface area contributed by atoms with Gasteiger partial charge in [0, 0.05) is 78.7 Å². The summed E-state index contributed by atoms with van der Waals surface area (Å²) in [5.41, 5.74) is 4.62. The Hall–Kier alpha value is -3.68. The third-order valence-corrected chi connectivity index (χ3v) is 8.02. The molecule has 0 radical (unpaired) electrons. The first-order valence-electron chi connectivity index (χ1n) is 14.5. The molecule has 1 aliphatic heterocycles. The summed E-state index contributed by atoms with van der Waals surface area (Å²) in [5, 5.41) is 20.1. The minimum Gasteiger partial charge on any atom is -0.396 e. The number of aliphatic hydroxyl groups excluding tert-OH is 2. The standard InChI is InChI=1S/C33H39N3O4/c1-34-32(39)30(26-22-35(18-10-2-4-12-20-37)28-16-8-6-14-24(26)28)31(33(34)40)27-23-36(19-11-3-5-13-21-38)29-17-9-7-15-25(27)29/h6-9,14-17,22-23,37-38H,2-5,10-13,18-21H2,1H3. The van der Waals surface area contributed by atoms with E-state index in [2.05, 4.69) is 21.3 Å². The van der Waals surface area contributed by atoms with Crippen LogP contribution in [0.2, 0.25) is 0 Å². The third-order valence-electron chi connectivity index (χ3n) is 8.02. The Kier molecular flexibility index (Phi) is 8.82. The van der Waals surface area contributed by atoms with Gasteiger partial charge < -0.3 is 19.3 Å². The van der Waals surface area contributed by atoms with Crippen molar-refractivity contribution in [1.82, 2.24) is 14.0 Å². The van der Waals surface area contributed by atoms with Crippen molar-refractivity contribution in [3.8, 4) is 0 Å². The maximum Gasteiger partial charge on any atom is 0.261 e. The molecule has 7 nitrogen and oxygen atoms in total. The summed E-state index contributed by atoms with van der Waals surface area (Å²) < 4.78 is 4.39. The molecular formula is C33H39N3O4. The summed E-state index contributed by atoms with van der Waals surface area (Å²) >= 11 is 0. The molecule has 2 aromatic heterocycles. The topological polar surface area (TPSA) is 87.7 Å². The summed E-state index contributed by atoms with van der Waals surface area (Å²) in [7, 11) is 1.57. The van der Waals surface area contributed by atoms with Gasteiger partial charge in [0.15, 0.2) is 0 Å². The third kappa shape index (κ3) is 5.36. The number of hydrogen-bond acceptors (Lipinski definition) is 4. The van der Waals surface area contributed by atoms with Crippen molar-refractivity contribution in [3.63, 3.8) is 0 Å². The van der Waals surface area contributed by atoms with Crippen LogP contribution in [0.3, 0.4) is 0 Å². The molecule has 0 fully saturated rings. The van der Waals surface area contributed by atoms with Crippen LogP contribution in [0.25, 0.3) is 33.0 Å². The molecule has 40 heavy (non-hydrogen) atoms. The Morgan fingerprint density at radius 3 is 1.40 bits per heavy atom. The predicted molar refractivity (Wildman–Crippen MR) is 160 cm³/mol. The Labute approximate surface area is 235 Å². The van der Waals surface area contributed by atoms with Gasteiger partial charge in [-0.15, -0.1) is 0 Å². The molecule has 1 aliphatic rings. The molecule has 0 spiro atoms. The summed E-state index contributed by atoms with van der Waals surface area (Å²) in [4.78, 5) is 28.6. The average molecular weight is 542 g/mol. The summed E-state index contributed by atoms with van der Waals surface area (Å²) in [6.07, 6.45) is 11.7. The highest BCUT2D eigenvalue weighted by molar-refractivity contribution is 6.50. The zero-order chi connectivity index (χ0) is 28.1. The number of imide groups is 1. The lowest BCUT2D eigenvalue weighted by Crippen LogP contribution is -2.26. The second-order valence-corrected chi connectivity index (χ2v) is 10.7. The molecule has 4 aromatic rings. The number of amides is 2. The van der Waals surface area contributed by atoms with Crippen LogP contribution in [0, 0.1) is 0 Å². The van der Waals surface area contributed by atoms with E-state index < -0.39 is 0 Å². The SMILES string of the molecule is CN1C(=O)C(c2cn(CCCCCCO)c3ccccc23)=C(c2cn(CCCCCCO)c3ccccc23)C1=O. The minimum absolute atomic E-state index is 0.220. The van der Waals surface area contributed by atoms with Crippen LogP contribution in [0.4, 0.5) is 0 Å². The highest BCUT2D eigenvalue weighted by atomic mass is 16.3. The number of hydrogen-bond donors (Lipinski definition) is 2. The van der Waals surface area contributed by atoms with Crippen LogP contribution in [-0.2, 0) is 22.7 Å². The molecule has 0 bridgehead atoms. The van der Waals surface area contributed by atoms with Crippen LogP contribution >= 0.6 is 0 Å². The van der Waals surface area contributed by atoms with Gasteiger partial charge in [0.2, 0.25) is 0 Å². The van der Waals surface area contributed by atoms with Crippen molar-refractivity contribution < 1.29 is 19.8 Å². The van der Waals surface area contributed by atoms with Gasteiger partial charge in [0.25, 0.3) is 11.8 Å². The number of para-hydroxylation sites is 2. The fraction of sp³-hybridized carbons (Fsp3) is 0.394. The second-order valence-electron chi connectivity index (χ2n) is 10.7. The van der Waals surface area contributed by atoms with E-state index in [-0.39, 0.29) is 25.0 Å². The number of aromatic nitrogens is 2. The second kappa shape index (κ2) is 12.7. The van der Waals surface area contributed by atoms with Crippen molar-refractivity contribution in [2.45, 2.75) is 64.5 Å². The fourth-order valence-corrected chi connectivity index (χ4v) is 5.90. The largest absolute Gasteiger partial charge is 0.396 e. The molecule has 2 N–H and O–H groups in total. The van der Waals surface area contributed by atoms with Crippen LogP contribution < -0.4 is 0 Å². The van der Waals surface area contributed by atoms with Crippen LogP contribution in [0.5, 0.6) is 0 Å². The molecule has 2 aromatic carbocycles. The number of carbonyl (C=O) groups excluding carboxylic acids is 2. The number of aryl methyl sites for hydroxylation is 2. The summed E-state index contributed by atoms with van der Waals surface area (Å²) in [5.74, 6) is -0.543. The Morgan fingerprint density at radius 2 is 0.975 bits per heavy atom. The number of nitrogens with zero attached hydrogens (tertiary/aromatic N) is 3. The van der Waals surface area contributed by atoms with Crippen LogP contribution in [0.1, 0.15) is 62.5 Å². The number of rotatable bonds is 14. The van der Waals surface area contributed by atoms with Gasteiger partial charge in [-0.3, -0.25) is 14.5 Å². The van der Waals surface area contributed by atoms with Crippen LogP contribution in [0.15, 0.2) is 60.9 Å². The molecule has 5 rings (SSSR count). The monoisotopic (exact) mass is 541 g/mol. The normalized spacial score (nSPS) is 14.0. The van der Waals surface area contributed by atoms with Gasteiger partial charge in [0.1, 0.15) is 0 Å². The first-order chi connectivity index (χ1) is 19.6. The van der Waals surface area contributed by atoms with E-state index in [1.165, 1.54) is 4.90 Å². The number of benzene rings is 2. The fourth-order valence-electron chi connectivity index (χ4n) is 5.90. The van der Waals surface area contributed by atoms with Gasteiger partial charge in [-0.25, -0.2) is 0 Å². The van der Waals surface area contributed by atoms with Crippen molar-refractivity contribution in [1.29, 1.82) is 0 Å². The number of carbonyl (C=O) groups is 2. The van der Waals surface area contributed by atoms with E-state index >= 15 is 0 Å². The molecule has 3 heterocycles. The summed E-state index contributed by atoms with van der Waals surface area (Å²) in [6.45, 7) is 2.05. The Bertz CT molecular complexity index is 1430. The number of aliphatic hydroxyl groups is 2. The number of fused-ring (bicyclic) bond motifs is 2. The highest BCUT2D eigenvalue weighted by Gasteiger charge is 2.39. The lowest BCUT2D eigenvalue weighted by molar-refractivity contribution is -0.134. The Morgan fingerprint density at radius 1 is 0.575 bits per heavy atom. The molecule has 0 atom stereocenters. The maximum atomic E-state index is 13.7. The van der Waals surface area contributed by atoms with Crippen molar-refractivity contribution in [2.75, 3.05) is 20.3 Å². The van der Waals surface area contributed by atoms with E-state index in [0.717, 1.165) is 97.4 Å². The van der Waals surface area contributed by atoms with Crippen LogP contribution in [-0.4, -0.2) is 56.3 Å². The highest BCUT2D eigenvalue weighted by Crippen LogP contribution is 2.41. The van der Waals surface area contributed by atoms with Gasteiger partial charge in [-0.1, -0.05) is 62.1 Å². The smallest absolute Gasteiger partial charge is 0.261 e. The minimum atomic E-state index is -0.272. The van der Waals surface area contributed by atoms with Gasteiger partial charge in [-0.05, 0) is 37.8 Å². The lowest BCUT2D eigenvalue weighted by atomic mass is 9.95. The molecule has 0 saturated heterocycles. The zero-order valence-corrected chi connectivity index (χ0v) is 23.3. The molecule has 7 heteroatoms. The average Bonchev–Trinajstić information content (AvgIpc) is 3.59. The quantitative estimate of drug-likeness (QED) is 0.160. The zero-order valence-electron chi connectivity index (χ0n) is 23.3. The first kappa shape index (κ1) is 27.9. The number of unbranched alkanes of at least 4 members (excludes halogenated alkanes) is 6. The van der Waals surface area contributed by atoms with Crippen molar-refractivity contribution in [2.24, 2.45) is 0 Å². The van der Waals surface area contributed by atoms with E-state index in [9.17, 15) is 9.59 Å². The maximum absolute atomic E-state index is 13.7. The molecule has 0 saturated carbocycles. The molecule has 210 valence electrons. The lowest BCUT2D eigenvalue weighted by Gasteiger charge is -2.06. The summed E-state index contributed by atoms with van der Waals surface area (Å²) in [6, 6.07) is 16.2. The van der Waals surface area contributed by atoms with Gasteiger partial charge in [0.05, 0.1) is 11.1 Å².